The van der Waals surface area contributed by atoms with E-state index in [0.29, 0.717) is 16.1 Å². The van der Waals surface area contributed by atoms with Gasteiger partial charge in [0.05, 0.1) is 10.7 Å². The number of amides is 1. The first-order chi connectivity index (χ1) is 8.99. The highest BCUT2D eigenvalue weighted by atomic mass is 127. The number of hydrogen-bond donors (Lipinski definition) is 1. The fraction of sp³-hybridized carbons (Fsp3) is 0.0714. The summed E-state index contributed by atoms with van der Waals surface area (Å²) in [5, 5.41) is 3.07. The van der Waals surface area contributed by atoms with Gasteiger partial charge in [0, 0.05) is 9.13 Å². The van der Waals surface area contributed by atoms with E-state index in [0.717, 1.165) is 3.57 Å². The molecule has 98 valence electrons. The smallest absolute Gasteiger partial charge is 0.255 e. The van der Waals surface area contributed by atoms with Crippen molar-refractivity contribution < 1.29 is 9.18 Å². The van der Waals surface area contributed by atoms with Gasteiger partial charge in [0.25, 0.3) is 5.91 Å². The van der Waals surface area contributed by atoms with E-state index < -0.39 is 5.82 Å². The number of aryl methyl sites for hydroxylation is 1. The van der Waals surface area contributed by atoms with Crippen LogP contribution in [0.2, 0.25) is 5.02 Å². The zero-order valence-corrected chi connectivity index (χ0v) is 12.9. The summed E-state index contributed by atoms with van der Waals surface area (Å²) in [6.45, 7) is 1.74. The molecule has 0 aliphatic rings. The number of nitrogens with one attached hydrogen (secondary N) is 1. The molecule has 5 heteroatoms. The fourth-order valence-corrected chi connectivity index (χ4v) is 2.13. The topological polar surface area (TPSA) is 29.1 Å². The van der Waals surface area contributed by atoms with Crippen LogP contribution in [0.15, 0.2) is 36.4 Å². The Balaban J connectivity index is 2.28. The van der Waals surface area contributed by atoms with Crippen LogP contribution in [0, 0.1) is 16.3 Å². The van der Waals surface area contributed by atoms with Crippen LogP contribution in [-0.4, -0.2) is 5.91 Å². The second-order valence-electron chi connectivity index (χ2n) is 4.01. The van der Waals surface area contributed by atoms with Crippen LogP contribution in [0.4, 0.5) is 10.1 Å². The van der Waals surface area contributed by atoms with Gasteiger partial charge in [-0.2, -0.15) is 0 Å². The Morgan fingerprint density at radius 1 is 1.32 bits per heavy atom. The Labute approximate surface area is 129 Å². The summed E-state index contributed by atoms with van der Waals surface area (Å²) in [4.78, 5) is 12.0. The van der Waals surface area contributed by atoms with Gasteiger partial charge < -0.3 is 5.32 Å². The van der Waals surface area contributed by atoms with Crippen LogP contribution in [0.25, 0.3) is 0 Å². The predicted octanol–water partition coefficient (Wildman–Crippen LogP) is 4.64. The maximum Gasteiger partial charge on any atom is 0.255 e. The van der Waals surface area contributed by atoms with Crippen LogP contribution in [0.1, 0.15) is 15.9 Å². The number of halogens is 3. The normalized spacial score (nSPS) is 10.3. The largest absolute Gasteiger partial charge is 0.319 e. The van der Waals surface area contributed by atoms with Crippen molar-refractivity contribution in [2.45, 2.75) is 6.92 Å². The number of anilines is 1. The summed E-state index contributed by atoms with van der Waals surface area (Å²) in [6.07, 6.45) is 0. The number of carbonyl (C=O) groups excluding carboxylic acids is 1. The molecule has 2 nitrogen and oxygen atoms in total. The summed E-state index contributed by atoms with van der Waals surface area (Å²) < 4.78 is 14.5. The molecule has 19 heavy (non-hydrogen) atoms. The average molecular weight is 390 g/mol. The Bertz CT molecular complexity index is 625. The van der Waals surface area contributed by atoms with E-state index in [-0.39, 0.29) is 11.6 Å². The monoisotopic (exact) mass is 389 g/mol. The summed E-state index contributed by atoms with van der Waals surface area (Å²) >= 11 is 8.04. The minimum absolute atomic E-state index is 0.196. The van der Waals surface area contributed by atoms with Gasteiger partial charge in [-0.15, -0.1) is 0 Å². The molecule has 0 aliphatic heterocycles. The van der Waals surface area contributed by atoms with Gasteiger partial charge in [-0.3, -0.25) is 4.79 Å². The van der Waals surface area contributed by atoms with E-state index in [1.807, 2.05) is 0 Å². The van der Waals surface area contributed by atoms with Crippen molar-refractivity contribution >= 4 is 45.8 Å². The van der Waals surface area contributed by atoms with Crippen LogP contribution < -0.4 is 5.32 Å². The van der Waals surface area contributed by atoms with Crippen molar-refractivity contribution in [3.63, 3.8) is 0 Å². The minimum atomic E-state index is -0.454. The quantitative estimate of drug-likeness (QED) is 0.745. The lowest BCUT2D eigenvalue weighted by atomic mass is 10.1. The summed E-state index contributed by atoms with van der Waals surface area (Å²) in [6, 6.07) is 9.60. The lowest BCUT2D eigenvalue weighted by Crippen LogP contribution is -2.14. The van der Waals surface area contributed by atoms with Gasteiger partial charge in [0.2, 0.25) is 0 Å². The molecule has 0 spiro atoms. The number of carbonyl (C=O) groups is 1. The first-order valence-electron chi connectivity index (χ1n) is 5.50. The molecule has 0 saturated heterocycles. The van der Waals surface area contributed by atoms with Gasteiger partial charge in [0.15, 0.2) is 0 Å². The molecular weight excluding hydrogens is 380 g/mol. The Morgan fingerprint density at radius 3 is 2.68 bits per heavy atom. The van der Waals surface area contributed by atoms with E-state index in [2.05, 4.69) is 27.9 Å². The number of hydrogen-bond acceptors (Lipinski definition) is 1. The molecule has 0 heterocycles. The van der Waals surface area contributed by atoms with Crippen molar-refractivity contribution in [3.05, 3.63) is 61.9 Å². The maximum atomic E-state index is 13.6. The minimum Gasteiger partial charge on any atom is -0.319 e. The lowest BCUT2D eigenvalue weighted by Gasteiger charge is -2.09. The van der Waals surface area contributed by atoms with Gasteiger partial charge >= 0.3 is 0 Å². The molecule has 1 amide bonds. The Hall–Kier alpha value is -1.14. The molecule has 2 aromatic carbocycles. The van der Waals surface area contributed by atoms with E-state index in [4.69, 9.17) is 11.6 Å². The highest BCUT2D eigenvalue weighted by Crippen LogP contribution is 2.22. The molecule has 0 atom stereocenters. The first kappa shape index (κ1) is 14.3. The van der Waals surface area contributed by atoms with E-state index in [1.165, 1.54) is 6.07 Å². The third kappa shape index (κ3) is 3.25. The standard InChI is InChI=1S/C14H10ClFINO/c1-8-3-2-4-11(16)13(8)18-14(19)9-5-6-12(17)10(15)7-9/h2-7H,1H3,(H,18,19). The highest BCUT2D eigenvalue weighted by molar-refractivity contribution is 14.1. The number of rotatable bonds is 2. The van der Waals surface area contributed by atoms with E-state index in [1.54, 1.807) is 37.3 Å². The Kier molecular flexibility index (Phi) is 4.42. The number of benzene rings is 2. The summed E-state index contributed by atoms with van der Waals surface area (Å²) in [5.41, 5.74) is 1.26. The third-order valence-corrected chi connectivity index (χ3v) is 4.21. The molecular formula is C14H10ClFINO. The first-order valence-corrected chi connectivity index (χ1v) is 6.96. The van der Waals surface area contributed by atoms with Gasteiger partial charge in [-0.25, -0.2) is 4.39 Å². The van der Waals surface area contributed by atoms with Crippen LogP contribution >= 0.6 is 34.2 Å². The van der Waals surface area contributed by atoms with Crippen LogP contribution in [0.5, 0.6) is 0 Å². The highest BCUT2D eigenvalue weighted by Gasteiger charge is 2.12. The molecule has 0 radical (unpaired) electrons. The molecule has 0 aliphatic carbocycles. The van der Waals surface area contributed by atoms with Gasteiger partial charge in [-0.05, 0) is 59.3 Å². The second-order valence-corrected chi connectivity index (χ2v) is 5.58. The number of para-hydroxylation sites is 1. The predicted molar refractivity (Wildman–Crippen MR) is 83.3 cm³/mol. The van der Waals surface area contributed by atoms with Crippen molar-refractivity contribution in [2.24, 2.45) is 0 Å². The molecule has 0 aromatic heterocycles. The molecule has 0 saturated carbocycles. The lowest BCUT2D eigenvalue weighted by molar-refractivity contribution is 0.102. The molecule has 2 aromatic rings. The molecule has 0 fully saturated rings. The van der Waals surface area contributed by atoms with Crippen molar-refractivity contribution in [1.82, 2.24) is 0 Å². The zero-order chi connectivity index (χ0) is 14.0. The van der Waals surface area contributed by atoms with Crippen molar-refractivity contribution in [1.29, 1.82) is 0 Å². The summed E-state index contributed by atoms with van der Waals surface area (Å²) in [7, 11) is 0. The van der Waals surface area contributed by atoms with Crippen molar-refractivity contribution in [3.8, 4) is 0 Å². The molecule has 1 N–H and O–H groups in total. The van der Waals surface area contributed by atoms with Gasteiger partial charge in [0.1, 0.15) is 5.82 Å². The Morgan fingerprint density at radius 2 is 2.05 bits per heavy atom. The average Bonchev–Trinajstić information content (AvgIpc) is 2.37. The van der Waals surface area contributed by atoms with Crippen LogP contribution in [-0.2, 0) is 0 Å². The SMILES string of the molecule is Cc1cccc(F)c1NC(=O)c1ccc(I)c(Cl)c1. The summed E-state index contributed by atoms with van der Waals surface area (Å²) in [5.74, 6) is -0.837. The van der Waals surface area contributed by atoms with E-state index >= 15 is 0 Å². The second kappa shape index (κ2) is 5.88. The maximum absolute atomic E-state index is 13.6. The molecule has 2 rings (SSSR count). The van der Waals surface area contributed by atoms with Crippen molar-refractivity contribution in [2.75, 3.05) is 5.32 Å². The molecule has 0 bridgehead atoms. The zero-order valence-electron chi connectivity index (χ0n) is 10.0. The van der Waals surface area contributed by atoms with Crippen LogP contribution in [0.3, 0.4) is 0 Å². The third-order valence-electron chi connectivity index (χ3n) is 2.64. The van der Waals surface area contributed by atoms with E-state index in [9.17, 15) is 9.18 Å². The van der Waals surface area contributed by atoms with Gasteiger partial charge in [-0.1, -0.05) is 23.7 Å². The molecule has 0 unspecified atom stereocenters. The fourth-order valence-electron chi connectivity index (χ4n) is 1.61.